The summed E-state index contributed by atoms with van der Waals surface area (Å²) in [6.45, 7) is 2.84. The number of thioether (sulfide) groups is 1. The molecule has 1 aliphatic rings. The zero-order valence-electron chi connectivity index (χ0n) is 9.35. The molecule has 0 bridgehead atoms. The summed E-state index contributed by atoms with van der Waals surface area (Å²) < 4.78 is 5.62. The number of anilines is 1. The van der Waals surface area contributed by atoms with E-state index in [2.05, 4.69) is 21.9 Å². The highest BCUT2D eigenvalue weighted by Crippen LogP contribution is 2.24. The minimum atomic E-state index is -0.0281. The molecule has 16 heavy (non-hydrogen) atoms. The van der Waals surface area contributed by atoms with E-state index in [1.165, 1.54) is 0 Å². The fraction of sp³-hybridized carbons (Fsp3) is 0.700. The second kappa shape index (κ2) is 5.45. The van der Waals surface area contributed by atoms with E-state index in [4.69, 9.17) is 10.5 Å². The Balaban J connectivity index is 2.18. The van der Waals surface area contributed by atoms with E-state index in [0.29, 0.717) is 11.8 Å². The summed E-state index contributed by atoms with van der Waals surface area (Å²) in [4.78, 5) is 12.7. The molecule has 0 aliphatic carbocycles. The van der Waals surface area contributed by atoms with Crippen molar-refractivity contribution in [1.29, 1.82) is 0 Å². The second-order valence-electron chi connectivity index (χ2n) is 3.65. The molecule has 1 aliphatic heterocycles. The van der Waals surface area contributed by atoms with E-state index in [1.54, 1.807) is 0 Å². The molecule has 0 aromatic carbocycles. The van der Waals surface area contributed by atoms with Crippen LogP contribution in [0.5, 0.6) is 0 Å². The van der Waals surface area contributed by atoms with Gasteiger partial charge in [-0.1, -0.05) is 6.92 Å². The third-order valence-corrected chi connectivity index (χ3v) is 3.29. The quantitative estimate of drug-likeness (QED) is 0.856. The summed E-state index contributed by atoms with van der Waals surface area (Å²) in [6.07, 6.45) is 1.81. The average Bonchev–Trinajstić information content (AvgIpc) is 2.30. The Morgan fingerprint density at radius 1 is 1.44 bits per heavy atom. The number of aryl methyl sites for hydroxylation is 1. The van der Waals surface area contributed by atoms with Crippen LogP contribution in [0.3, 0.4) is 0 Å². The van der Waals surface area contributed by atoms with Gasteiger partial charge in [-0.3, -0.25) is 0 Å². The maximum absolute atomic E-state index is 5.67. The zero-order valence-corrected chi connectivity index (χ0v) is 10.2. The summed E-state index contributed by atoms with van der Waals surface area (Å²) in [7, 11) is 0. The van der Waals surface area contributed by atoms with Gasteiger partial charge in [0.15, 0.2) is 5.82 Å². The predicted octanol–water partition coefficient (Wildman–Crippen LogP) is 1.21. The summed E-state index contributed by atoms with van der Waals surface area (Å²) >= 11 is 1.86. The van der Waals surface area contributed by atoms with Crippen LogP contribution in [0.4, 0.5) is 5.95 Å². The molecule has 1 aromatic heterocycles. The van der Waals surface area contributed by atoms with E-state index in [0.717, 1.165) is 36.8 Å². The van der Waals surface area contributed by atoms with E-state index in [9.17, 15) is 0 Å². The standard InChI is InChI=1S/C10H16N4OS/c1-2-3-8-12-9(14-10(11)13-8)7-6-16-5-4-15-7/h7H,2-6H2,1H3,(H2,11,12,13,14). The summed E-state index contributed by atoms with van der Waals surface area (Å²) in [5, 5.41) is 0. The van der Waals surface area contributed by atoms with Crippen molar-refractivity contribution in [3.63, 3.8) is 0 Å². The highest BCUT2D eigenvalue weighted by Gasteiger charge is 2.20. The molecule has 5 nitrogen and oxygen atoms in total. The number of hydrogen-bond donors (Lipinski definition) is 1. The fourth-order valence-electron chi connectivity index (χ4n) is 1.57. The molecule has 0 amide bonds. The van der Waals surface area contributed by atoms with Crippen molar-refractivity contribution in [2.45, 2.75) is 25.9 Å². The third-order valence-electron chi connectivity index (χ3n) is 2.29. The Kier molecular flexibility index (Phi) is 3.95. The van der Waals surface area contributed by atoms with E-state index in [-0.39, 0.29) is 6.10 Å². The van der Waals surface area contributed by atoms with Gasteiger partial charge in [0.2, 0.25) is 5.95 Å². The molecule has 88 valence electrons. The molecule has 0 saturated carbocycles. The van der Waals surface area contributed by atoms with Crippen LogP contribution in [0.2, 0.25) is 0 Å². The number of rotatable bonds is 3. The van der Waals surface area contributed by atoms with Gasteiger partial charge in [0.25, 0.3) is 0 Å². The van der Waals surface area contributed by atoms with Gasteiger partial charge >= 0.3 is 0 Å². The molecule has 0 radical (unpaired) electrons. The molecule has 1 fully saturated rings. The van der Waals surface area contributed by atoms with Crippen molar-refractivity contribution < 1.29 is 4.74 Å². The van der Waals surface area contributed by atoms with Crippen LogP contribution in [-0.4, -0.2) is 33.1 Å². The molecule has 2 rings (SSSR count). The van der Waals surface area contributed by atoms with Gasteiger partial charge in [0, 0.05) is 17.9 Å². The highest BCUT2D eigenvalue weighted by atomic mass is 32.2. The first-order chi connectivity index (χ1) is 7.79. The van der Waals surface area contributed by atoms with Crippen LogP contribution in [0.1, 0.15) is 31.1 Å². The van der Waals surface area contributed by atoms with Gasteiger partial charge in [-0.15, -0.1) is 0 Å². The van der Waals surface area contributed by atoms with Crippen LogP contribution in [-0.2, 0) is 11.2 Å². The molecule has 0 spiro atoms. The number of hydrogen-bond acceptors (Lipinski definition) is 6. The Bertz CT molecular complexity index is 355. The van der Waals surface area contributed by atoms with Crippen LogP contribution >= 0.6 is 11.8 Å². The number of aromatic nitrogens is 3. The Hall–Kier alpha value is -0.880. The van der Waals surface area contributed by atoms with Gasteiger partial charge < -0.3 is 10.5 Å². The molecule has 2 N–H and O–H groups in total. The number of ether oxygens (including phenoxy) is 1. The van der Waals surface area contributed by atoms with Crippen molar-refractivity contribution in [2.75, 3.05) is 23.8 Å². The Labute approximate surface area is 99.2 Å². The second-order valence-corrected chi connectivity index (χ2v) is 4.80. The molecular formula is C10H16N4OS. The topological polar surface area (TPSA) is 73.9 Å². The third kappa shape index (κ3) is 2.82. The first-order valence-electron chi connectivity index (χ1n) is 5.49. The van der Waals surface area contributed by atoms with Gasteiger partial charge in [0.05, 0.1) is 6.61 Å². The minimum absolute atomic E-state index is 0.0281. The number of nitrogen functional groups attached to an aromatic ring is 1. The van der Waals surface area contributed by atoms with Crippen molar-refractivity contribution >= 4 is 17.7 Å². The van der Waals surface area contributed by atoms with Crippen molar-refractivity contribution in [1.82, 2.24) is 15.0 Å². The molecule has 6 heteroatoms. The Morgan fingerprint density at radius 3 is 3.00 bits per heavy atom. The monoisotopic (exact) mass is 240 g/mol. The van der Waals surface area contributed by atoms with Gasteiger partial charge in [-0.25, -0.2) is 4.98 Å². The van der Waals surface area contributed by atoms with E-state index < -0.39 is 0 Å². The van der Waals surface area contributed by atoms with Crippen LogP contribution in [0, 0.1) is 0 Å². The first-order valence-corrected chi connectivity index (χ1v) is 6.64. The maximum Gasteiger partial charge on any atom is 0.223 e. The molecular weight excluding hydrogens is 224 g/mol. The van der Waals surface area contributed by atoms with E-state index in [1.807, 2.05) is 11.8 Å². The van der Waals surface area contributed by atoms with Crippen molar-refractivity contribution in [3.8, 4) is 0 Å². The van der Waals surface area contributed by atoms with E-state index >= 15 is 0 Å². The number of nitrogens with zero attached hydrogens (tertiary/aromatic N) is 3. The lowest BCUT2D eigenvalue weighted by Crippen LogP contribution is -2.20. The van der Waals surface area contributed by atoms with Gasteiger partial charge in [-0.05, 0) is 6.42 Å². The maximum atomic E-state index is 5.67. The Morgan fingerprint density at radius 2 is 2.31 bits per heavy atom. The molecule has 1 aromatic rings. The summed E-state index contributed by atoms with van der Waals surface area (Å²) in [5.74, 6) is 3.69. The lowest BCUT2D eigenvalue weighted by atomic mass is 10.3. The summed E-state index contributed by atoms with van der Waals surface area (Å²) in [6, 6.07) is 0. The average molecular weight is 240 g/mol. The summed E-state index contributed by atoms with van der Waals surface area (Å²) in [5.41, 5.74) is 5.67. The lowest BCUT2D eigenvalue weighted by molar-refractivity contribution is 0.0692. The van der Waals surface area contributed by atoms with Crippen molar-refractivity contribution in [2.24, 2.45) is 0 Å². The molecule has 1 unspecified atom stereocenters. The largest absolute Gasteiger partial charge is 0.368 e. The molecule has 1 atom stereocenters. The van der Waals surface area contributed by atoms with Gasteiger partial charge in [0.1, 0.15) is 11.9 Å². The molecule has 2 heterocycles. The molecule has 1 saturated heterocycles. The van der Waals surface area contributed by atoms with Crippen LogP contribution < -0.4 is 5.73 Å². The SMILES string of the molecule is CCCc1nc(N)nc(C2CSCCO2)n1. The van der Waals surface area contributed by atoms with Crippen LogP contribution in [0.25, 0.3) is 0 Å². The first kappa shape index (κ1) is 11.6. The lowest BCUT2D eigenvalue weighted by Gasteiger charge is -2.21. The van der Waals surface area contributed by atoms with Crippen molar-refractivity contribution in [3.05, 3.63) is 11.6 Å². The van der Waals surface area contributed by atoms with Gasteiger partial charge in [-0.2, -0.15) is 21.7 Å². The smallest absolute Gasteiger partial charge is 0.223 e. The predicted molar refractivity (Wildman–Crippen MR) is 64.3 cm³/mol. The van der Waals surface area contributed by atoms with Crippen LogP contribution in [0.15, 0.2) is 0 Å². The zero-order chi connectivity index (χ0) is 11.4. The minimum Gasteiger partial charge on any atom is -0.368 e. The number of nitrogens with two attached hydrogens (primary N) is 1. The normalized spacial score (nSPS) is 20.9. The highest BCUT2D eigenvalue weighted by molar-refractivity contribution is 7.99. The fourth-order valence-corrected chi connectivity index (χ4v) is 2.41.